The molecule has 0 fully saturated rings. The summed E-state index contributed by atoms with van der Waals surface area (Å²) >= 11 is 6.30. The number of carbonyl (C=O) groups is 2. The summed E-state index contributed by atoms with van der Waals surface area (Å²) in [5.74, 6) is 0.639. The average molecular weight is 479 g/mol. The number of benzene rings is 3. The number of carbonyl (C=O) groups excluding carboxylic acids is 2. The number of esters is 2. The molecule has 0 radical (unpaired) electrons. The SMILES string of the molecule is CCCC(C)c1ccc(C(=O)Oc2ccc(C(=O)Oc3ccc(CC(C)C)cc3)c(Cl)c2)cc1. The minimum Gasteiger partial charge on any atom is -0.423 e. The zero-order chi connectivity index (χ0) is 24.7. The highest BCUT2D eigenvalue weighted by molar-refractivity contribution is 6.33. The minimum absolute atomic E-state index is 0.149. The van der Waals surface area contributed by atoms with Gasteiger partial charge in [0.15, 0.2) is 0 Å². The van der Waals surface area contributed by atoms with Crippen molar-refractivity contribution in [2.24, 2.45) is 5.92 Å². The quantitative estimate of drug-likeness (QED) is 0.232. The molecule has 0 saturated heterocycles. The summed E-state index contributed by atoms with van der Waals surface area (Å²) in [7, 11) is 0. The van der Waals surface area contributed by atoms with Gasteiger partial charge in [-0.1, -0.05) is 70.0 Å². The Morgan fingerprint density at radius 3 is 2.03 bits per heavy atom. The van der Waals surface area contributed by atoms with E-state index in [1.807, 2.05) is 24.3 Å². The van der Waals surface area contributed by atoms with E-state index in [0.29, 0.717) is 23.1 Å². The van der Waals surface area contributed by atoms with Crippen LogP contribution in [0.5, 0.6) is 11.5 Å². The molecule has 3 aromatic rings. The molecule has 0 N–H and O–H groups in total. The van der Waals surface area contributed by atoms with Crippen molar-refractivity contribution >= 4 is 23.5 Å². The Labute approximate surface area is 206 Å². The van der Waals surface area contributed by atoms with Crippen molar-refractivity contribution in [3.05, 3.63) is 94.0 Å². The van der Waals surface area contributed by atoms with Crippen LogP contribution < -0.4 is 9.47 Å². The van der Waals surface area contributed by atoms with Crippen LogP contribution in [0.25, 0.3) is 0 Å². The van der Waals surface area contributed by atoms with E-state index in [1.54, 1.807) is 24.3 Å². The van der Waals surface area contributed by atoms with Gasteiger partial charge in [0.25, 0.3) is 0 Å². The van der Waals surface area contributed by atoms with Crippen molar-refractivity contribution < 1.29 is 19.1 Å². The third-order valence-corrected chi connectivity index (χ3v) is 5.90. The molecule has 178 valence electrons. The molecular weight excluding hydrogens is 448 g/mol. The molecule has 0 bridgehead atoms. The highest BCUT2D eigenvalue weighted by atomic mass is 35.5. The summed E-state index contributed by atoms with van der Waals surface area (Å²) in [4.78, 5) is 25.1. The lowest BCUT2D eigenvalue weighted by atomic mass is 9.96. The van der Waals surface area contributed by atoms with Crippen LogP contribution in [0.15, 0.2) is 66.7 Å². The molecule has 1 unspecified atom stereocenters. The lowest BCUT2D eigenvalue weighted by Gasteiger charge is -2.11. The monoisotopic (exact) mass is 478 g/mol. The molecular formula is C29H31ClO4. The fraction of sp³-hybridized carbons (Fsp3) is 0.310. The van der Waals surface area contributed by atoms with E-state index >= 15 is 0 Å². The van der Waals surface area contributed by atoms with Crippen LogP contribution in [-0.4, -0.2) is 11.9 Å². The Morgan fingerprint density at radius 2 is 1.44 bits per heavy atom. The smallest absolute Gasteiger partial charge is 0.345 e. The Hall–Kier alpha value is -3.11. The highest BCUT2D eigenvalue weighted by Gasteiger charge is 2.16. The summed E-state index contributed by atoms with van der Waals surface area (Å²) in [6.07, 6.45) is 3.17. The predicted molar refractivity (Wildman–Crippen MR) is 136 cm³/mol. The van der Waals surface area contributed by atoms with Gasteiger partial charge in [0.2, 0.25) is 0 Å². The fourth-order valence-electron chi connectivity index (χ4n) is 3.77. The first-order valence-electron chi connectivity index (χ1n) is 11.7. The average Bonchev–Trinajstić information content (AvgIpc) is 2.80. The van der Waals surface area contributed by atoms with Crippen molar-refractivity contribution in [1.29, 1.82) is 0 Å². The van der Waals surface area contributed by atoms with Gasteiger partial charge in [-0.3, -0.25) is 0 Å². The van der Waals surface area contributed by atoms with Gasteiger partial charge in [0.05, 0.1) is 16.1 Å². The fourth-order valence-corrected chi connectivity index (χ4v) is 4.01. The molecule has 0 spiro atoms. The van der Waals surface area contributed by atoms with E-state index < -0.39 is 11.9 Å². The van der Waals surface area contributed by atoms with Gasteiger partial charge in [-0.05, 0) is 72.2 Å². The Morgan fingerprint density at radius 1 is 0.824 bits per heavy atom. The summed E-state index contributed by atoms with van der Waals surface area (Å²) in [5, 5.41) is 0.149. The van der Waals surface area contributed by atoms with Crippen LogP contribution >= 0.6 is 11.6 Å². The minimum atomic E-state index is -0.573. The first-order chi connectivity index (χ1) is 16.3. The maximum atomic E-state index is 12.6. The van der Waals surface area contributed by atoms with Gasteiger partial charge in [-0.25, -0.2) is 9.59 Å². The van der Waals surface area contributed by atoms with E-state index in [-0.39, 0.29) is 16.3 Å². The van der Waals surface area contributed by atoms with Gasteiger partial charge in [-0.15, -0.1) is 0 Å². The van der Waals surface area contributed by atoms with E-state index in [4.69, 9.17) is 21.1 Å². The second-order valence-corrected chi connectivity index (χ2v) is 9.38. The first-order valence-corrected chi connectivity index (χ1v) is 12.1. The largest absolute Gasteiger partial charge is 0.423 e. The maximum absolute atomic E-state index is 12.6. The number of hydrogen-bond donors (Lipinski definition) is 0. The molecule has 5 heteroatoms. The lowest BCUT2D eigenvalue weighted by Crippen LogP contribution is -2.11. The van der Waals surface area contributed by atoms with Crippen molar-refractivity contribution in [3.8, 4) is 11.5 Å². The van der Waals surface area contributed by atoms with Crippen molar-refractivity contribution in [1.82, 2.24) is 0 Å². The molecule has 0 saturated carbocycles. The van der Waals surface area contributed by atoms with Crippen LogP contribution in [-0.2, 0) is 6.42 Å². The molecule has 3 aromatic carbocycles. The summed E-state index contributed by atoms with van der Waals surface area (Å²) in [5.41, 5.74) is 3.03. The van der Waals surface area contributed by atoms with Gasteiger partial charge >= 0.3 is 11.9 Å². The third kappa shape index (κ3) is 6.94. The second-order valence-electron chi connectivity index (χ2n) is 8.97. The molecule has 0 aliphatic heterocycles. The number of ether oxygens (including phenoxy) is 2. The standard InChI is InChI=1S/C29H31ClO4/c1-5-6-20(4)22-9-11-23(12-10-22)28(31)34-25-15-16-26(27(30)18-25)29(32)33-24-13-7-21(8-14-24)17-19(2)3/h7-16,18-20H,5-6,17H2,1-4H3. The first kappa shape index (κ1) is 25.5. The molecule has 0 heterocycles. The van der Waals surface area contributed by atoms with Crippen molar-refractivity contribution in [2.45, 2.75) is 52.9 Å². The molecule has 1 atom stereocenters. The van der Waals surface area contributed by atoms with Crippen LogP contribution in [0.3, 0.4) is 0 Å². The van der Waals surface area contributed by atoms with Crippen molar-refractivity contribution in [2.75, 3.05) is 0 Å². The van der Waals surface area contributed by atoms with E-state index in [1.165, 1.54) is 29.3 Å². The molecule has 0 aliphatic carbocycles. The van der Waals surface area contributed by atoms with E-state index in [9.17, 15) is 9.59 Å². The summed E-state index contributed by atoms with van der Waals surface area (Å²) in [6.45, 7) is 8.64. The van der Waals surface area contributed by atoms with Crippen LogP contribution in [0, 0.1) is 5.92 Å². The summed E-state index contributed by atoms with van der Waals surface area (Å²) < 4.78 is 10.9. The van der Waals surface area contributed by atoms with Crippen LogP contribution in [0.4, 0.5) is 0 Å². The predicted octanol–water partition coefficient (Wildman–Crippen LogP) is 7.88. The molecule has 0 aliphatic rings. The van der Waals surface area contributed by atoms with Crippen molar-refractivity contribution in [3.63, 3.8) is 0 Å². The Kier molecular flexibility index (Phi) is 8.89. The number of halogens is 1. The molecule has 4 nitrogen and oxygen atoms in total. The third-order valence-electron chi connectivity index (χ3n) is 5.59. The highest BCUT2D eigenvalue weighted by Crippen LogP contribution is 2.26. The molecule has 3 rings (SSSR count). The Bertz CT molecular complexity index is 1120. The normalized spacial score (nSPS) is 11.8. The number of hydrogen-bond acceptors (Lipinski definition) is 4. The second kappa shape index (κ2) is 11.8. The van der Waals surface area contributed by atoms with Gasteiger partial charge < -0.3 is 9.47 Å². The lowest BCUT2D eigenvalue weighted by molar-refractivity contribution is 0.0730. The topological polar surface area (TPSA) is 52.6 Å². The van der Waals surface area contributed by atoms with E-state index in [0.717, 1.165) is 19.3 Å². The van der Waals surface area contributed by atoms with Crippen LogP contribution in [0.2, 0.25) is 5.02 Å². The van der Waals surface area contributed by atoms with E-state index in [2.05, 4.69) is 27.7 Å². The number of rotatable bonds is 9. The molecule has 0 amide bonds. The van der Waals surface area contributed by atoms with Gasteiger partial charge in [0.1, 0.15) is 11.5 Å². The Balaban J connectivity index is 1.63. The maximum Gasteiger partial charge on any atom is 0.345 e. The van der Waals surface area contributed by atoms with Crippen LogP contribution in [0.1, 0.15) is 78.3 Å². The molecule has 34 heavy (non-hydrogen) atoms. The zero-order valence-corrected chi connectivity index (χ0v) is 20.9. The van der Waals surface area contributed by atoms with Gasteiger partial charge in [-0.2, -0.15) is 0 Å². The zero-order valence-electron chi connectivity index (χ0n) is 20.1. The van der Waals surface area contributed by atoms with Gasteiger partial charge in [0, 0.05) is 6.07 Å². The summed E-state index contributed by atoms with van der Waals surface area (Å²) in [6, 6.07) is 19.4. The molecule has 0 aromatic heterocycles.